The van der Waals surface area contributed by atoms with Gasteiger partial charge in [0.2, 0.25) is 0 Å². The summed E-state index contributed by atoms with van der Waals surface area (Å²) in [6, 6.07) is 23.4. The first kappa shape index (κ1) is 17.5. The Labute approximate surface area is 153 Å². The van der Waals surface area contributed by atoms with Crippen LogP contribution in [0.5, 0.6) is 0 Å². The van der Waals surface area contributed by atoms with Gasteiger partial charge in [0, 0.05) is 31.2 Å². The Morgan fingerprint density at radius 3 is 2.46 bits per heavy atom. The highest BCUT2D eigenvalue weighted by Gasteiger charge is 2.09. The van der Waals surface area contributed by atoms with Gasteiger partial charge in [0.25, 0.3) is 0 Å². The molecule has 0 atom stereocenters. The minimum absolute atomic E-state index is 0.245. The summed E-state index contributed by atoms with van der Waals surface area (Å²) in [5.41, 5.74) is 3.79. The first-order valence-electron chi connectivity index (χ1n) is 8.51. The van der Waals surface area contributed by atoms with Crippen LogP contribution in [-0.2, 0) is 13.1 Å². The normalized spacial score (nSPS) is 10.2. The second-order valence-electron chi connectivity index (χ2n) is 5.98. The van der Waals surface area contributed by atoms with E-state index in [1.807, 2.05) is 67.7 Å². The maximum Gasteiger partial charge on any atom is 0.319 e. The number of nitrogens with one attached hydrogen (secondary N) is 2. The van der Waals surface area contributed by atoms with Crippen molar-refractivity contribution >= 4 is 17.4 Å². The number of hydrogen-bond acceptors (Lipinski definition) is 3. The average molecular weight is 346 g/mol. The van der Waals surface area contributed by atoms with Gasteiger partial charge in [0.1, 0.15) is 0 Å². The second kappa shape index (κ2) is 8.67. The zero-order valence-corrected chi connectivity index (χ0v) is 14.7. The van der Waals surface area contributed by atoms with E-state index in [0.717, 1.165) is 22.6 Å². The van der Waals surface area contributed by atoms with Crippen LogP contribution in [0.1, 0.15) is 11.3 Å². The van der Waals surface area contributed by atoms with Crippen molar-refractivity contribution in [3.05, 3.63) is 90.3 Å². The van der Waals surface area contributed by atoms with Gasteiger partial charge in [-0.3, -0.25) is 4.98 Å². The molecule has 0 saturated carbocycles. The van der Waals surface area contributed by atoms with E-state index in [2.05, 4.69) is 32.7 Å². The highest BCUT2D eigenvalue weighted by atomic mass is 16.2. The quantitative estimate of drug-likeness (QED) is 0.708. The Hall–Kier alpha value is -3.34. The number of benzene rings is 2. The van der Waals surface area contributed by atoms with Crippen LogP contribution >= 0.6 is 0 Å². The molecular weight excluding hydrogens is 324 g/mol. The van der Waals surface area contributed by atoms with E-state index in [1.165, 1.54) is 0 Å². The van der Waals surface area contributed by atoms with Gasteiger partial charge in [0.05, 0.1) is 12.2 Å². The fourth-order valence-electron chi connectivity index (χ4n) is 2.65. The van der Waals surface area contributed by atoms with Crippen LogP contribution in [0.4, 0.5) is 16.2 Å². The molecule has 26 heavy (non-hydrogen) atoms. The van der Waals surface area contributed by atoms with Crippen molar-refractivity contribution < 1.29 is 4.79 Å². The lowest BCUT2D eigenvalue weighted by Crippen LogP contribution is -2.29. The van der Waals surface area contributed by atoms with E-state index >= 15 is 0 Å². The summed E-state index contributed by atoms with van der Waals surface area (Å²) < 4.78 is 0. The Balaban J connectivity index is 1.62. The van der Waals surface area contributed by atoms with E-state index < -0.39 is 0 Å². The number of carbonyl (C=O) groups is 1. The molecule has 3 rings (SSSR count). The van der Waals surface area contributed by atoms with Crippen molar-refractivity contribution in [3.63, 3.8) is 0 Å². The Bertz CT molecular complexity index is 837. The minimum Gasteiger partial charge on any atom is -0.370 e. The summed E-state index contributed by atoms with van der Waals surface area (Å²) in [5.74, 6) is 0. The molecule has 2 amide bonds. The number of anilines is 2. The van der Waals surface area contributed by atoms with Crippen molar-refractivity contribution in [2.75, 3.05) is 17.3 Å². The number of amides is 2. The fourth-order valence-corrected chi connectivity index (χ4v) is 2.65. The molecule has 5 heteroatoms. The lowest BCUT2D eigenvalue weighted by atomic mass is 10.1. The zero-order valence-electron chi connectivity index (χ0n) is 14.7. The highest BCUT2D eigenvalue weighted by Crippen LogP contribution is 2.20. The standard InChI is InChI=1S/C21H22N4O/c1-25(19-11-3-2-4-12-19)16-17-9-5-6-13-20(17)24-21(26)23-15-18-10-7-8-14-22-18/h2-14H,15-16H2,1H3,(H2,23,24,26). The highest BCUT2D eigenvalue weighted by molar-refractivity contribution is 5.90. The number of urea groups is 1. The van der Waals surface area contributed by atoms with Gasteiger partial charge < -0.3 is 15.5 Å². The number of hydrogen-bond donors (Lipinski definition) is 2. The van der Waals surface area contributed by atoms with Gasteiger partial charge in [0.15, 0.2) is 0 Å². The predicted molar refractivity (Wildman–Crippen MR) is 105 cm³/mol. The lowest BCUT2D eigenvalue weighted by Gasteiger charge is -2.21. The molecule has 0 bridgehead atoms. The molecule has 0 aliphatic rings. The molecule has 1 heterocycles. The third-order valence-corrected chi connectivity index (χ3v) is 4.03. The van der Waals surface area contributed by atoms with Gasteiger partial charge in [-0.1, -0.05) is 42.5 Å². The first-order chi connectivity index (χ1) is 12.7. The average Bonchev–Trinajstić information content (AvgIpc) is 2.69. The molecule has 0 spiro atoms. The monoisotopic (exact) mass is 346 g/mol. The topological polar surface area (TPSA) is 57.3 Å². The van der Waals surface area contributed by atoms with Crippen LogP contribution < -0.4 is 15.5 Å². The number of aromatic nitrogens is 1. The number of carbonyl (C=O) groups excluding carboxylic acids is 1. The van der Waals surface area contributed by atoms with Gasteiger partial charge >= 0.3 is 6.03 Å². The predicted octanol–water partition coefficient (Wildman–Crippen LogP) is 4.04. The molecule has 0 saturated heterocycles. The molecule has 1 aromatic heterocycles. The SMILES string of the molecule is CN(Cc1ccccc1NC(=O)NCc1ccccn1)c1ccccc1. The van der Waals surface area contributed by atoms with E-state index in [4.69, 9.17) is 0 Å². The molecule has 132 valence electrons. The maximum absolute atomic E-state index is 12.2. The van der Waals surface area contributed by atoms with Crippen LogP contribution in [0, 0.1) is 0 Å². The zero-order chi connectivity index (χ0) is 18.2. The van der Waals surface area contributed by atoms with Gasteiger partial charge in [-0.15, -0.1) is 0 Å². The van der Waals surface area contributed by atoms with Crippen molar-refractivity contribution in [3.8, 4) is 0 Å². The summed E-state index contributed by atoms with van der Waals surface area (Å²) in [5, 5.41) is 5.77. The van der Waals surface area contributed by atoms with Crippen LogP contribution in [0.3, 0.4) is 0 Å². The molecule has 0 radical (unpaired) electrons. The van der Waals surface area contributed by atoms with Crippen LogP contribution in [-0.4, -0.2) is 18.1 Å². The van der Waals surface area contributed by atoms with Gasteiger partial charge in [-0.25, -0.2) is 4.79 Å². The first-order valence-corrected chi connectivity index (χ1v) is 8.51. The Morgan fingerprint density at radius 2 is 1.69 bits per heavy atom. The van der Waals surface area contributed by atoms with Crippen molar-refractivity contribution in [1.29, 1.82) is 0 Å². The molecule has 0 aliphatic heterocycles. The van der Waals surface area contributed by atoms with Gasteiger partial charge in [-0.05, 0) is 35.9 Å². The molecule has 2 N–H and O–H groups in total. The van der Waals surface area contributed by atoms with Gasteiger partial charge in [-0.2, -0.15) is 0 Å². The lowest BCUT2D eigenvalue weighted by molar-refractivity contribution is 0.251. The van der Waals surface area contributed by atoms with E-state index in [0.29, 0.717) is 13.1 Å². The molecule has 5 nitrogen and oxygen atoms in total. The second-order valence-corrected chi connectivity index (χ2v) is 5.98. The number of nitrogens with zero attached hydrogens (tertiary/aromatic N) is 2. The smallest absolute Gasteiger partial charge is 0.319 e. The fraction of sp³-hybridized carbons (Fsp3) is 0.143. The van der Waals surface area contributed by atoms with E-state index in [1.54, 1.807) is 6.20 Å². The number of rotatable bonds is 6. The van der Waals surface area contributed by atoms with E-state index in [9.17, 15) is 4.79 Å². The number of para-hydroxylation sites is 2. The summed E-state index contributed by atoms with van der Waals surface area (Å²) in [7, 11) is 2.03. The van der Waals surface area contributed by atoms with Crippen LogP contribution in [0.25, 0.3) is 0 Å². The summed E-state index contributed by atoms with van der Waals surface area (Å²) in [4.78, 5) is 18.6. The summed E-state index contributed by atoms with van der Waals surface area (Å²) >= 11 is 0. The molecule has 3 aromatic rings. The third kappa shape index (κ3) is 4.83. The summed E-state index contributed by atoms with van der Waals surface area (Å²) in [6.07, 6.45) is 1.71. The third-order valence-electron chi connectivity index (χ3n) is 4.03. The molecule has 0 aliphatic carbocycles. The maximum atomic E-state index is 12.2. The molecule has 2 aromatic carbocycles. The van der Waals surface area contributed by atoms with Crippen molar-refractivity contribution in [1.82, 2.24) is 10.3 Å². The van der Waals surface area contributed by atoms with E-state index in [-0.39, 0.29) is 6.03 Å². The Morgan fingerprint density at radius 1 is 0.962 bits per heavy atom. The molecular formula is C21H22N4O. The van der Waals surface area contributed by atoms with Crippen molar-refractivity contribution in [2.24, 2.45) is 0 Å². The minimum atomic E-state index is -0.245. The largest absolute Gasteiger partial charge is 0.370 e. The molecule has 0 unspecified atom stereocenters. The molecule has 0 fully saturated rings. The van der Waals surface area contributed by atoms with Crippen molar-refractivity contribution in [2.45, 2.75) is 13.1 Å². The Kier molecular flexibility index (Phi) is 5.83. The van der Waals surface area contributed by atoms with Crippen LogP contribution in [0.15, 0.2) is 79.0 Å². The number of pyridine rings is 1. The summed E-state index contributed by atoms with van der Waals surface area (Å²) in [6.45, 7) is 1.08. The van der Waals surface area contributed by atoms with Crippen LogP contribution in [0.2, 0.25) is 0 Å².